The third-order valence-electron chi connectivity index (χ3n) is 2.57. The predicted molar refractivity (Wildman–Crippen MR) is 68.9 cm³/mol. The van der Waals surface area contributed by atoms with E-state index in [4.69, 9.17) is 4.42 Å². The van der Waals surface area contributed by atoms with E-state index in [-0.39, 0.29) is 12.4 Å². The van der Waals surface area contributed by atoms with E-state index in [1.54, 1.807) is 13.0 Å². The van der Waals surface area contributed by atoms with Crippen molar-refractivity contribution in [1.82, 2.24) is 0 Å². The second kappa shape index (κ2) is 6.00. The molecule has 1 aromatic carbocycles. The molecule has 0 aliphatic heterocycles. The molecule has 0 saturated carbocycles. The van der Waals surface area contributed by atoms with Gasteiger partial charge in [0.2, 0.25) is 0 Å². The predicted octanol–water partition coefficient (Wildman–Crippen LogP) is 2.62. The third kappa shape index (κ3) is 3.31. The van der Waals surface area contributed by atoms with Crippen LogP contribution in [0, 0.1) is 0 Å². The maximum Gasteiger partial charge on any atom is 0.383 e. The highest BCUT2D eigenvalue weighted by atomic mass is 16.5. The van der Waals surface area contributed by atoms with Crippen molar-refractivity contribution >= 4 is 11.8 Å². The number of carbonyl (C=O) groups excluding carboxylic acids is 2. The number of esters is 1. The molecule has 0 unspecified atom stereocenters. The number of carbonyl (C=O) groups is 2. The lowest BCUT2D eigenvalue weighted by Gasteiger charge is -1.99. The topological polar surface area (TPSA) is 56.5 Å². The van der Waals surface area contributed by atoms with E-state index in [9.17, 15) is 9.59 Å². The average molecular weight is 258 g/mol. The van der Waals surface area contributed by atoms with Gasteiger partial charge in [-0.3, -0.25) is 4.79 Å². The van der Waals surface area contributed by atoms with E-state index in [0.29, 0.717) is 12.2 Å². The van der Waals surface area contributed by atoms with E-state index in [2.05, 4.69) is 4.74 Å². The molecule has 4 heteroatoms. The Balaban J connectivity index is 2.07. The maximum absolute atomic E-state index is 11.6. The first kappa shape index (κ1) is 13.1. The van der Waals surface area contributed by atoms with Gasteiger partial charge in [0.25, 0.3) is 0 Å². The minimum absolute atomic E-state index is 0.0179. The van der Waals surface area contributed by atoms with Gasteiger partial charge in [-0.2, -0.15) is 0 Å². The summed E-state index contributed by atoms with van der Waals surface area (Å²) in [5.41, 5.74) is 1.08. The van der Waals surface area contributed by atoms with Crippen LogP contribution in [-0.4, -0.2) is 18.4 Å². The molecule has 4 nitrogen and oxygen atoms in total. The smallest absolute Gasteiger partial charge is 0.383 e. The summed E-state index contributed by atoms with van der Waals surface area (Å²) in [6.07, 6.45) is 0.580. The number of furan rings is 1. The third-order valence-corrected chi connectivity index (χ3v) is 2.57. The Morgan fingerprint density at radius 3 is 2.53 bits per heavy atom. The molecule has 2 aromatic rings. The van der Waals surface area contributed by atoms with E-state index in [1.807, 2.05) is 30.3 Å². The van der Waals surface area contributed by atoms with Gasteiger partial charge in [-0.1, -0.05) is 30.3 Å². The summed E-state index contributed by atoms with van der Waals surface area (Å²) in [7, 11) is 0. The van der Waals surface area contributed by atoms with Crippen LogP contribution in [0.3, 0.4) is 0 Å². The summed E-state index contributed by atoms with van der Waals surface area (Å²) in [5.74, 6) is -0.979. The lowest BCUT2D eigenvalue weighted by atomic mass is 10.1. The average Bonchev–Trinajstić information content (AvgIpc) is 2.88. The summed E-state index contributed by atoms with van der Waals surface area (Å²) < 4.78 is 10.0. The number of benzene rings is 1. The molecule has 0 aliphatic rings. The first-order valence-corrected chi connectivity index (χ1v) is 6.04. The van der Waals surface area contributed by atoms with Crippen molar-refractivity contribution in [2.45, 2.75) is 13.3 Å². The Morgan fingerprint density at radius 2 is 1.84 bits per heavy atom. The lowest BCUT2D eigenvalue weighted by Crippen LogP contribution is -2.16. The molecule has 0 fully saturated rings. The molecule has 0 spiro atoms. The molecule has 98 valence electrons. The van der Waals surface area contributed by atoms with Gasteiger partial charge in [-0.05, 0) is 24.6 Å². The highest BCUT2D eigenvalue weighted by Gasteiger charge is 2.21. The largest absolute Gasteiger partial charge is 0.460 e. The molecule has 1 aromatic heterocycles. The van der Waals surface area contributed by atoms with Gasteiger partial charge in [0.1, 0.15) is 5.76 Å². The van der Waals surface area contributed by atoms with Gasteiger partial charge in [0.05, 0.1) is 6.61 Å². The molecule has 0 radical (unpaired) electrons. The monoisotopic (exact) mass is 258 g/mol. The van der Waals surface area contributed by atoms with Crippen molar-refractivity contribution in [1.29, 1.82) is 0 Å². The SMILES string of the molecule is CCOC(=O)C(=O)c1ccc(Cc2ccccc2)o1. The fourth-order valence-corrected chi connectivity index (χ4v) is 1.69. The Kier molecular flexibility index (Phi) is 4.13. The normalized spacial score (nSPS) is 10.2. The van der Waals surface area contributed by atoms with E-state index >= 15 is 0 Å². The van der Waals surface area contributed by atoms with E-state index in [0.717, 1.165) is 5.56 Å². The number of hydrogen-bond acceptors (Lipinski definition) is 4. The summed E-state index contributed by atoms with van der Waals surface area (Å²) >= 11 is 0. The van der Waals surface area contributed by atoms with Crippen molar-refractivity contribution in [3.8, 4) is 0 Å². The van der Waals surface area contributed by atoms with Crippen molar-refractivity contribution in [2.75, 3.05) is 6.61 Å². The van der Waals surface area contributed by atoms with Gasteiger partial charge in [0.15, 0.2) is 5.76 Å². The van der Waals surface area contributed by atoms with Crippen molar-refractivity contribution in [2.24, 2.45) is 0 Å². The number of rotatable bonds is 5. The Bertz CT molecular complexity index is 569. The minimum Gasteiger partial charge on any atom is -0.460 e. The second-order valence-electron chi connectivity index (χ2n) is 3.98. The van der Waals surface area contributed by atoms with Crippen molar-refractivity contribution in [3.63, 3.8) is 0 Å². The van der Waals surface area contributed by atoms with Crippen LogP contribution in [0.25, 0.3) is 0 Å². The van der Waals surface area contributed by atoms with Gasteiger partial charge in [0, 0.05) is 6.42 Å². The first-order valence-electron chi connectivity index (χ1n) is 6.04. The molecule has 19 heavy (non-hydrogen) atoms. The van der Waals surface area contributed by atoms with Gasteiger partial charge < -0.3 is 9.15 Å². The molecule has 0 atom stereocenters. The van der Waals surface area contributed by atoms with Crippen LogP contribution in [0.15, 0.2) is 46.9 Å². The zero-order chi connectivity index (χ0) is 13.7. The second-order valence-corrected chi connectivity index (χ2v) is 3.98. The fraction of sp³-hybridized carbons (Fsp3) is 0.200. The minimum atomic E-state index is -0.886. The molecule has 0 N–H and O–H groups in total. The Hall–Kier alpha value is -2.36. The highest BCUT2D eigenvalue weighted by molar-refractivity contribution is 6.39. The first-order chi connectivity index (χ1) is 9.20. The molecular weight excluding hydrogens is 244 g/mol. The van der Waals surface area contributed by atoms with Crippen LogP contribution < -0.4 is 0 Å². The van der Waals surface area contributed by atoms with Gasteiger partial charge in [-0.25, -0.2) is 4.79 Å². The van der Waals surface area contributed by atoms with Crippen LogP contribution in [0.1, 0.15) is 28.8 Å². The summed E-state index contributed by atoms with van der Waals surface area (Å²) in [5, 5.41) is 0. The molecule has 2 rings (SSSR count). The molecule has 0 aliphatic carbocycles. The summed E-state index contributed by atoms with van der Waals surface area (Å²) in [4.78, 5) is 22.9. The molecular formula is C15H14O4. The van der Waals surface area contributed by atoms with Crippen molar-refractivity contribution in [3.05, 3.63) is 59.5 Å². The number of Topliss-reactive ketones (excluding diaryl/α,β-unsaturated/α-hetero) is 1. The summed E-state index contributed by atoms with van der Waals surface area (Å²) in [6.45, 7) is 1.82. The molecule has 0 bridgehead atoms. The van der Waals surface area contributed by atoms with Crippen LogP contribution in [0.2, 0.25) is 0 Å². The highest BCUT2D eigenvalue weighted by Crippen LogP contribution is 2.14. The van der Waals surface area contributed by atoms with Crippen LogP contribution in [0.5, 0.6) is 0 Å². The van der Waals surface area contributed by atoms with Gasteiger partial charge in [-0.15, -0.1) is 0 Å². The number of ketones is 1. The Morgan fingerprint density at radius 1 is 1.11 bits per heavy atom. The zero-order valence-electron chi connectivity index (χ0n) is 10.6. The lowest BCUT2D eigenvalue weighted by molar-refractivity contribution is -0.137. The molecule has 0 amide bonds. The fourth-order valence-electron chi connectivity index (χ4n) is 1.69. The van der Waals surface area contributed by atoms with E-state index < -0.39 is 11.8 Å². The summed E-state index contributed by atoms with van der Waals surface area (Å²) in [6, 6.07) is 12.9. The molecule has 0 saturated heterocycles. The van der Waals surface area contributed by atoms with Crippen LogP contribution in [-0.2, 0) is 16.0 Å². The quantitative estimate of drug-likeness (QED) is 0.470. The van der Waals surface area contributed by atoms with Crippen LogP contribution in [0.4, 0.5) is 0 Å². The zero-order valence-corrected chi connectivity index (χ0v) is 10.6. The number of hydrogen-bond donors (Lipinski definition) is 0. The van der Waals surface area contributed by atoms with Gasteiger partial charge >= 0.3 is 11.8 Å². The molecule has 1 heterocycles. The Labute approximate surface area is 111 Å². The number of ether oxygens (including phenoxy) is 1. The maximum atomic E-state index is 11.6. The van der Waals surface area contributed by atoms with Crippen LogP contribution >= 0.6 is 0 Å². The van der Waals surface area contributed by atoms with Crippen molar-refractivity contribution < 1.29 is 18.7 Å². The standard InChI is InChI=1S/C15H14O4/c1-2-18-15(17)14(16)13-9-8-12(19-13)10-11-6-4-3-5-7-11/h3-9H,2,10H2,1H3. The van der Waals surface area contributed by atoms with E-state index in [1.165, 1.54) is 6.07 Å².